The lowest BCUT2D eigenvalue weighted by Crippen LogP contribution is -2.14. The molecule has 3 rings (SSSR count). The lowest BCUT2D eigenvalue weighted by molar-refractivity contribution is 0.0474. The summed E-state index contributed by atoms with van der Waals surface area (Å²) in [6.07, 6.45) is 0. The van der Waals surface area contributed by atoms with Crippen LogP contribution < -0.4 is 0 Å². The number of carbonyl (C=O) groups is 2. The van der Waals surface area contributed by atoms with E-state index in [-0.39, 0.29) is 18.1 Å². The first-order chi connectivity index (χ1) is 12.4. The summed E-state index contributed by atoms with van der Waals surface area (Å²) in [5, 5.41) is 9.34. The van der Waals surface area contributed by atoms with E-state index < -0.39 is 5.97 Å². The maximum absolute atomic E-state index is 12.2. The summed E-state index contributed by atoms with van der Waals surface area (Å²) in [5.41, 5.74) is 2.85. The van der Waals surface area contributed by atoms with Crippen molar-refractivity contribution in [3.63, 3.8) is 0 Å². The number of phenolic OH excluding ortho intramolecular Hbond substituents is 1. The number of ketones is 1. The number of Topliss-reactive ketones (excluding diaryl/α,β-unsaturated/α-hetero) is 1. The van der Waals surface area contributed by atoms with Crippen LogP contribution in [0.3, 0.4) is 0 Å². The number of benzene rings is 2. The minimum atomic E-state index is -0.528. The van der Waals surface area contributed by atoms with Gasteiger partial charge < -0.3 is 9.84 Å². The van der Waals surface area contributed by atoms with Crippen LogP contribution in [0.15, 0.2) is 54.6 Å². The van der Waals surface area contributed by atoms with Gasteiger partial charge >= 0.3 is 5.97 Å². The molecule has 1 heterocycles. The van der Waals surface area contributed by atoms with Crippen molar-refractivity contribution in [2.45, 2.75) is 13.8 Å². The number of aryl methyl sites for hydroxylation is 2. The van der Waals surface area contributed by atoms with E-state index in [4.69, 9.17) is 4.74 Å². The van der Waals surface area contributed by atoms with E-state index in [0.29, 0.717) is 11.1 Å². The van der Waals surface area contributed by atoms with E-state index in [9.17, 15) is 14.7 Å². The number of carbonyl (C=O) groups excluding carboxylic acids is 2. The molecule has 0 bridgehead atoms. The van der Waals surface area contributed by atoms with Crippen molar-refractivity contribution in [3.8, 4) is 16.9 Å². The molecule has 132 valence electrons. The summed E-state index contributed by atoms with van der Waals surface area (Å²) in [4.78, 5) is 26.3. The molecule has 3 aromatic rings. The van der Waals surface area contributed by atoms with Gasteiger partial charge in [0.25, 0.3) is 0 Å². The van der Waals surface area contributed by atoms with Crippen LogP contribution in [0.1, 0.15) is 30.5 Å². The molecule has 0 aliphatic rings. The van der Waals surface area contributed by atoms with Gasteiger partial charge in [-0.15, -0.1) is 11.3 Å². The number of hydrogen-bond donors (Lipinski definition) is 1. The van der Waals surface area contributed by atoms with E-state index >= 15 is 0 Å². The van der Waals surface area contributed by atoms with Crippen molar-refractivity contribution in [3.05, 3.63) is 75.5 Å². The average molecular weight is 366 g/mol. The Kier molecular flexibility index (Phi) is 5.19. The topological polar surface area (TPSA) is 63.6 Å². The minimum absolute atomic E-state index is 0.194. The Morgan fingerprint density at radius 1 is 0.962 bits per heavy atom. The SMILES string of the molecule is Cc1cc(C(=O)COC(=O)c2ccc(-c3ccc(O)cc3)cc2)c(C)s1. The van der Waals surface area contributed by atoms with Gasteiger partial charge in [-0.2, -0.15) is 0 Å². The standard InChI is InChI=1S/C21H18O4S/c1-13-11-19(14(2)26-13)20(23)12-25-21(24)17-5-3-15(4-6-17)16-7-9-18(22)10-8-16/h3-11,22H,12H2,1-2H3. The molecule has 0 radical (unpaired) electrons. The third kappa shape index (κ3) is 4.00. The summed E-state index contributed by atoms with van der Waals surface area (Å²) in [7, 11) is 0. The summed E-state index contributed by atoms with van der Waals surface area (Å²) in [6.45, 7) is 3.56. The monoisotopic (exact) mass is 366 g/mol. The van der Waals surface area contributed by atoms with Gasteiger partial charge in [-0.3, -0.25) is 4.79 Å². The van der Waals surface area contributed by atoms with Crippen LogP contribution in [0.4, 0.5) is 0 Å². The first kappa shape index (κ1) is 17.9. The molecule has 0 atom stereocenters. The van der Waals surface area contributed by atoms with Crippen LogP contribution in [0.25, 0.3) is 11.1 Å². The van der Waals surface area contributed by atoms with Crippen LogP contribution >= 0.6 is 11.3 Å². The minimum Gasteiger partial charge on any atom is -0.508 e. The number of esters is 1. The fourth-order valence-corrected chi connectivity index (χ4v) is 3.59. The zero-order valence-electron chi connectivity index (χ0n) is 14.5. The van der Waals surface area contributed by atoms with Crippen LogP contribution in [0.2, 0.25) is 0 Å². The van der Waals surface area contributed by atoms with Crippen molar-refractivity contribution < 1.29 is 19.4 Å². The molecule has 0 aliphatic carbocycles. The summed E-state index contributed by atoms with van der Waals surface area (Å²) in [6, 6.07) is 15.6. The van der Waals surface area contributed by atoms with Gasteiger partial charge in [0, 0.05) is 15.3 Å². The molecule has 1 aromatic heterocycles. The molecule has 0 aliphatic heterocycles. The van der Waals surface area contributed by atoms with Gasteiger partial charge in [0.05, 0.1) is 5.56 Å². The zero-order chi connectivity index (χ0) is 18.7. The molecule has 0 spiro atoms. The Balaban J connectivity index is 1.64. The number of phenols is 1. The summed E-state index contributed by atoms with van der Waals surface area (Å²) >= 11 is 1.55. The van der Waals surface area contributed by atoms with Gasteiger partial charge in [0.1, 0.15) is 5.75 Å². The van der Waals surface area contributed by atoms with Crippen molar-refractivity contribution in [1.29, 1.82) is 0 Å². The number of rotatable bonds is 5. The van der Waals surface area contributed by atoms with Crippen LogP contribution in [0, 0.1) is 13.8 Å². The third-order valence-electron chi connectivity index (χ3n) is 4.00. The third-order valence-corrected chi connectivity index (χ3v) is 4.96. The van der Waals surface area contributed by atoms with Crippen LogP contribution in [-0.4, -0.2) is 23.5 Å². The quantitative estimate of drug-likeness (QED) is 0.521. The lowest BCUT2D eigenvalue weighted by Gasteiger charge is -2.06. The maximum atomic E-state index is 12.2. The molecule has 0 saturated heterocycles. The summed E-state index contributed by atoms with van der Waals surface area (Å²) < 4.78 is 5.15. The second-order valence-electron chi connectivity index (χ2n) is 5.95. The molecule has 0 unspecified atom stereocenters. The molecule has 26 heavy (non-hydrogen) atoms. The summed E-state index contributed by atoms with van der Waals surface area (Å²) in [5.74, 6) is -0.518. The first-order valence-corrected chi connectivity index (χ1v) is 8.92. The second-order valence-corrected chi connectivity index (χ2v) is 7.41. The normalized spacial score (nSPS) is 10.5. The number of hydrogen-bond acceptors (Lipinski definition) is 5. The Morgan fingerprint density at radius 2 is 1.54 bits per heavy atom. The Hall–Kier alpha value is -2.92. The largest absolute Gasteiger partial charge is 0.508 e. The molecular weight excluding hydrogens is 348 g/mol. The van der Waals surface area contributed by atoms with E-state index in [1.54, 1.807) is 59.9 Å². The number of thiophene rings is 1. The highest BCUT2D eigenvalue weighted by Gasteiger charge is 2.15. The smallest absolute Gasteiger partial charge is 0.338 e. The maximum Gasteiger partial charge on any atom is 0.338 e. The molecule has 0 amide bonds. The zero-order valence-corrected chi connectivity index (χ0v) is 15.3. The molecule has 4 nitrogen and oxygen atoms in total. The van der Waals surface area contributed by atoms with Crippen molar-refractivity contribution >= 4 is 23.1 Å². The van der Waals surface area contributed by atoms with Gasteiger partial charge in [0.2, 0.25) is 5.78 Å². The molecule has 0 fully saturated rings. The van der Waals surface area contributed by atoms with E-state index in [1.807, 2.05) is 19.9 Å². The molecular formula is C21H18O4S. The van der Waals surface area contributed by atoms with E-state index in [0.717, 1.165) is 20.9 Å². The van der Waals surface area contributed by atoms with E-state index in [1.165, 1.54) is 0 Å². The fourth-order valence-electron chi connectivity index (χ4n) is 2.65. The molecule has 5 heteroatoms. The fraction of sp³-hybridized carbons (Fsp3) is 0.143. The van der Waals surface area contributed by atoms with Crippen LogP contribution in [-0.2, 0) is 4.74 Å². The lowest BCUT2D eigenvalue weighted by atomic mass is 10.0. The van der Waals surface area contributed by atoms with E-state index in [2.05, 4.69) is 0 Å². The molecule has 0 saturated carbocycles. The molecule has 1 N–H and O–H groups in total. The van der Waals surface area contributed by atoms with Gasteiger partial charge in [-0.05, 0) is 55.3 Å². The first-order valence-electron chi connectivity index (χ1n) is 8.11. The van der Waals surface area contributed by atoms with Gasteiger partial charge in [0.15, 0.2) is 6.61 Å². The second kappa shape index (κ2) is 7.54. The Labute approximate surface area is 155 Å². The van der Waals surface area contributed by atoms with Crippen molar-refractivity contribution in [2.75, 3.05) is 6.61 Å². The molecule has 2 aromatic carbocycles. The van der Waals surface area contributed by atoms with Crippen LogP contribution in [0.5, 0.6) is 5.75 Å². The predicted molar refractivity (Wildman–Crippen MR) is 102 cm³/mol. The highest BCUT2D eigenvalue weighted by molar-refractivity contribution is 7.12. The van der Waals surface area contributed by atoms with Crippen molar-refractivity contribution in [2.24, 2.45) is 0 Å². The number of aromatic hydroxyl groups is 1. The van der Waals surface area contributed by atoms with Gasteiger partial charge in [-0.25, -0.2) is 4.79 Å². The predicted octanol–water partition coefficient (Wildman–Crippen LogP) is 4.78. The Morgan fingerprint density at radius 3 is 2.08 bits per heavy atom. The highest BCUT2D eigenvalue weighted by atomic mass is 32.1. The average Bonchev–Trinajstić information content (AvgIpc) is 2.98. The van der Waals surface area contributed by atoms with Gasteiger partial charge in [-0.1, -0.05) is 24.3 Å². The number of ether oxygens (including phenoxy) is 1. The van der Waals surface area contributed by atoms with Crippen molar-refractivity contribution in [1.82, 2.24) is 0 Å². The Bertz CT molecular complexity index is 937. The highest BCUT2D eigenvalue weighted by Crippen LogP contribution is 2.23.